The summed E-state index contributed by atoms with van der Waals surface area (Å²) < 4.78 is 5.39. The zero-order valence-electron chi connectivity index (χ0n) is 17.0. The van der Waals surface area contributed by atoms with Crippen molar-refractivity contribution in [1.82, 2.24) is 10.3 Å². The van der Waals surface area contributed by atoms with Gasteiger partial charge in [-0.15, -0.1) is 0 Å². The van der Waals surface area contributed by atoms with Crippen molar-refractivity contribution in [3.05, 3.63) is 89.2 Å². The predicted molar refractivity (Wildman–Crippen MR) is 115 cm³/mol. The first-order chi connectivity index (χ1) is 15.5. The molecule has 32 heavy (non-hydrogen) atoms. The standard InChI is InChI=1S/C24H22N2O6/c27-21(22(28)14-9-15(23(29)30)11-25-10-14)12-26-24(31)32-13-20-18-7-3-1-5-16(18)17-6-2-4-8-19(17)20/h1-11,20-22,27-28H,12-13H2,(H,26,31)(H,29,30). The second-order valence-electron chi connectivity index (χ2n) is 7.53. The van der Waals surface area contributed by atoms with Crippen molar-refractivity contribution in [2.75, 3.05) is 13.2 Å². The third-order valence-electron chi connectivity index (χ3n) is 5.51. The number of carbonyl (C=O) groups excluding carboxylic acids is 1. The molecule has 0 radical (unpaired) electrons. The van der Waals surface area contributed by atoms with E-state index in [1.807, 2.05) is 48.5 Å². The Balaban J connectivity index is 1.34. The van der Waals surface area contributed by atoms with Crippen LogP contribution in [0.3, 0.4) is 0 Å². The molecule has 1 aromatic heterocycles. The molecule has 8 heteroatoms. The Morgan fingerprint density at radius 3 is 2.25 bits per heavy atom. The minimum Gasteiger partial charge on any atom is -0.478 e. The fraction of sp³-hybridized carbons (Fsp3) is 0.208. The number of ether oxygens (including phenoxy) is 1. The summed E-state index contributed by atoms with van der Waals surface area (Å²) in [6.07, 6.45) is -1.12. The molecule has 0 fully saturated rings. The summed E-state index contributed by atoms with van der Waals surface area (Å²) in [5, 5.41) is 31.9. The van der Waals surface area contributed by atoms with Crippen LogP contribution in [0, 0.1) is 0 Å². The quantitative estimate of drug-likeness (QED) is 0.450. The molecule has 1 amide bonds. The van der Waals surface area contributed by atoms with Gasteiger partial charge < -0.3 is 25.4 Å². The van der Waals surface area contributed by atoms with E-state index in [0.717, 1.165) is 28.5 Å². The molecule has 0 bridgehead atoms. The summed E-state index contributed by atoms with van der Waals surface area (Å²) >= 11 is 0. The number of alkyl carbamates (subject to hydrolysis) is 1. The first-order valence-corrected chi connectivity index (χ1v) is 10.1. The van der Waals surface area contributed by atoms with E-state index >= 15 is 0 Å². The monoisotopic (exact) mass is 434 g/mol. The van der Waals surface area contributed by atoms with Crippen LogP contribution in [-0.2, 0) is 4.74 Å². The zero-order chi connectivity index (χ0) is 22.7. The van der Waals surface area contributed by atoms with Crippen LogP contribution in [0.5, 0.6) is 0 Å². The maximum Gasteiger partial charge on any atom is 0.407 e. The van der Waals surface area contributed by atoms with E-state index in [9.17, 15) is 19.8 Å². The minimum absolute atomic E-state index is 0.0894. The van der Waals surface area contributed by atoms with Gasteiger partial charge in [0.05, 0.1) is 5.56 Å². The fourth-order valence-electron chi connectivity index (χ4n) is 3.91. The van der Waals surface area contributed by atoms with E-state index in [4.69, 9.17) is 9.84 Å². The number of pyridine rings is 1. The van der Waals surface area contributed by atoms with E-state index in [-0.39, 0.29) is 30.2 Å². The first-order valence-electron chi connectivity index (χ1n) is 10.1. The van der Waals surface area contributed by atoms with E-state index in [2.05, 4.69) is 10.3 Å². The number of aliphatic hydroxyl groups excluding tert-OH is 2. The lowest BCUT2D eigenvalue weighted by Gasteiger charge is -2.19. The van der Waals surface area contributed by atoms with Crippen LogP contribution in [0.4, 0.5) is 4.79 Å². The normalized spacial score (nSPS) is 14.2. The molecule has 164 valence electrons. The molecular formula is C24H22N2O6. The van der Waals surface area contributed by atoms with Gasteiger partial charge in [0.15, 0.2) is 0 Å². The fourth-order valence-corrected chi connectivity index (χ4v) is 3.91. The number of amides is 1. The Hall–Kier alpha value is -3.75. The van der Waals surface area contributed by atoms with Crippen molar-refractivity contribution >= 4 is 12.1 Å². The maximum absolute atomic E-state index is 12.2. The molecule has 4 N–H and O–H groups in total. The summed E-state index contributed by atoms with van der Waals surface area (Å²) in [5.41, 5.74) is 4.43. The molecule has 1 aliphatic rings. The molecule has 4 rings (SSSR count). The Morgan fingerprint density at radius 2 is 1.62 bits per heavy atom. The number of nitrogens with one attached hydrogen (secondary N) is 1. The molecule has 0 saturated heterocycles. The first kappa shape index (κ1) is 21.5. The average molecular weight is 434 g/mol. The maximum atomic E-state index is 12.2. The van der Waals surface area contributed by atoms with Gasteiger partial charge in [-0.05, 0) is 28.3 Å². The second-order valence-corrected chi connectivity index (χ2v) is 7.53. The van der Waals surface area contributed by atoms with Gasteiger partial charge in [-0.2, -0.15) is 0 Å². The van der Waals surface area contributed by atoms with Gasteiger partial charge in [-0.25, -0.2) is 9.59 Å². The highest BCUT2D eigenvalue weighted by Crippen LogP contribution is 2.44. The summed E-state index contributed by atoms with van der Waals surface area (Å²) in [7, 11) is 0. The number of nitrogens with zero attached hydrogens (tertiary/aromatic N) is 1. The molecule has 2 unspecified atom stereocenters. The molecule has 1 heterocycles. The number of aromatic carboxylic acids is 1. The number of aliphatic hydroxyl groups is 2. The third-order valence-corrected chi connectivity index (χ3v) is 5.51. The van der Waals surface area contributed by atoms with Crippen molar-refractivity contribution in [2.24, 2.45) is 0 Å². The summed E-state index contributed by atoms with van der Waals surface area (Å²) in [4.78, 5) is 27.0. The van der Waals surface area contributed by atoms with Crippen LogP contribution in [0.2, 0.25) is 0 Å². The number of benzene rings is 2. The SMILES string of the molecule is O=C(NCC(O)C(O)c1cncc(C(=O)O)c1)OCC1c2ccccc2-c2ccccc21. The Morgan fingerprint density at radius 1 is 1.00 bits per heavy atom. The molecule has 8 nitrogen and oxygen atoms in total. The molecule has 0 saturated carbocycles. The van der Waals surface area contributed by atoms with E-state index < -0.39 is 24.3 Å². The van der Waals surface area contributed by atoms with Crippen LogP contribution in [0.25, 0.3) is 11.1 Å². The highest BCUT2D eigenvalue weighted by atomic mass is 16.5. The van der Waals surface area contributed by atoms with Crippen molar-refractivity contribution in [1.29, 1.82) is 0 Å². The molecule has 0 aliphatic heterocycles. The molecular weight excluding hydrogens is 412 g/mol. The van der Waals surface area contributed by atoms with Gasteiger partial charge in [0.2, 0.25) is 0 Å². The molecule has 2 atom stereocenters. The Labute approximate surface area is 184 Å². The summed E-state index contributed by atoms with van der Waals surface area (Å²) in [6.45, 7) is -0.155. The van der Waals surface area contributed by atoms with Crippen molar-refractivity contribution < 1.29 is 29.6 Å². The number of hydrogen-bond donors (Lipinski definition) is 4. The number of carboxylic acids is 1. The van der Waals surface area contributed by atoms with Gasteiger partial charge in [-0.3, -0.25) is 4.98 Å². The highest BCUT2D eigenvalue weighted by molar-refractivity contribution is 5.87. The smallest absolute Gasteiger partial charge is 0.407 e. The van der Waals surface area contributed by atoms with Gasteiger partial charge in [0.1, 0.15) is 18.8 Å². The Kier molecular flexibility index (Phi) is 6.16. The average Bonchev–Trinajstić information content (AvgIpc) is 3.14. The van der Waals surface area contributed by atoms with Crippen LogP contribution in [-0.4, -0.2) is 51.6 Å². The highest BCUT2D eigenvalue weighted by Gasteiger charge is 2.29. The van der Waals surface area contributed by atoms with Crippen LogP contribution >= 0.6 is 0 Å². The van der Waals surface area contributed by atoms with Gasteiger partial charge in [0.25, 0.3) is 0 Å². The summed E-state index contributed by atoms with van der Waals surface area (Å²) in [5.74, 6) is -1.29. The Bertz CT molecular complexity index is 1100. The molecule has 0 spiro atoms. The van der Waals surface area contributed by atoms with E-state index in [0.29, 0.717) is 0 Å². The van der Waals surface area contributed by atoms with Crippen LogP contribution in [0.15, 0.2) is 67.0 Å². The van der Waals surface area contributed by atoms with Gasteiger partial charge in [0, 0.05) is 30.4 Å². The second kappa shape index (κ2) is 9.17. The number of carboxylic acid groups (broad SMARTS) is 1. The largest absolute Gasteiger partial charge is 0.478 e. The number of fused-ring (bicyclic) bond motifs is 3. The lowest BCUT2D eigenvalue weighted by atomic mass is 9.98. The van der Waals surface area contributed by atoms with E-state index in [1.54, 1.807) is 0 Å². The van der Waals surface area contributed by atoms with E-state index in [1.165, 1.54) is 12.3 Å². The third kappa shape index (κ3) is 4.32. The van der Waals surface area contributed by atoms with Gasteiger partial charge >= 0.3 is 12.1 Å². The zero-order valence-corrected chi connectivity index (χ0v) is 17.0. The van der Waals surface area contributed by atoms with Crippen molar-refractivity contribution in [3.8, 4) is 11.1 Å². The lowest BCUT2D eigenvalue weighted by Crippen LogP contribution is -2.36. The van der Waals surface area contributed by atoms with Gasteiger partial charge in [-0.1, -0.05) is 48.5 Å². The minimum atomic E-state index is -1.42. The summed E-state index contributed by atoms with van der Waals surface area (Å²) in [6, 6.07) is 17.2. The topological polar surface area (TPSA) is 129 Å². The van der Waals surface area contributed by atoms with Crippen molar-refractivity contribution in [2.45, 2.75) is 18.1 Å². The predicted octanol–water partition coefficient (Wildman–Crippen LogP) is 2.71. The molecule has 1 aliphatic carbocycles. The number of aromatic nitrogens is 1. The number of hydrogen-bond acceptors (Lipinski definition) is 6. The van der Waals surface area contributed by atoms with Crippen LogP contribution in [0.1, 0.15) is 39.1 Å². The van der Waals surface area contributed by atoms with Crippen molar-refractivity contribution in [3.63, 3.8) is 0 Å². The molecule has 2 aromatic carbocycles. The number of rotatable bonds is 7. The molecule has 3 aromatic rings. The van der Waals surface area contributed by atoms with Crippen LogP contribution < -0.4 is 5.32 Å². The number of carbonyl (C=O) groups is 2. The lowest BCUT2D eigenvalue weighted by molar-refractivity contribution is 0.0183.